The lowest BCUT2D eigenvalue weighted by Gasteiger charge is -2.36. The van der Waals surface area contributed by atoms with E-state index in [4.69, 9.17) is 10.5 Å². The van der Waals surface area contributed by atoms with Crippen molar-refractivity contribution in [2.24, 2.45) is 5.73 Å². The molecule has 1 spiro atoms. The van der Waals surface area contributed by atoms with Crippen LogP contribution in [0.15, 0.2) is 24.3 Å². The molecule has 20 heavy (non-hydrogen) atoms. The van der Waals surface area contributed by atoms with Crippen LogP contribution in [0, 0.1) is 0 Å². The summed E-state index contributed by atoms with van der Waals surface area (Å²) < 4.78 is 5.70. The highest BCUT2D eigenvalue weighted by molar-refractivity contribution is 5.90. The average Bonchev–Trinajstić information content (AvgIpc) is 2.75. The Bertz CT molecular complexity index is 502. The molecule has 2 aliphatic heterocycles. The summed E-state index contributed by atoms with van der Waals surface area (Å²) in [4.78, 5) is 16.1. The molecule has 2 aliphatic rings. The van der Waals surface area contributed by atoms with Crippen LogP contribution in [-0.2, 0) is 11.3 Å². The number of hydrogen-bond acceptors (Lipinski definition) is 4. The van der Waals surface area contributed by atoms with Crippen LogP contribution < -0.4 is 10.6 Å². The summed E-state index contributed by atoms with van der Waals surface area (Å²) in [6.45, 7) is 3.04. The lowest BCUT2D eigenvalue weighted by atomic mass is 9.93. The summed E-state index contributed by atoms with van der Waals surface area (Å²) >= 11 is 0. The number of amides is 1. The lowest BCUT2D eigenvalue weighted by molar-refractivity contribution is -0.000385. The Morgan fingerprint density at radius 1 is 1.30 bits per heavy atom. The molecule has 2 fully saturated rings. The van der Waals surface area contributed by atoms with Gasteiger partial charge in [-0.15, -0.1) is 0 Å². The monoisotopic (exact) mass is 275 g/mol. The molecule has 0 aromatic heterocycles. The van der Waals surface area contributed by atoms with E-state index in [-0.39, 0.29) is 11.7 Å². The van der Waals surface area contributed by atoms with Crippen LogP contribution in [0.1, 0.15) is 18.4 Å². The van der Waals surface area contributed by atoms with Crippen molar-refractivity contribution in [1.29, 1.82) is 0 Å². The zero-order chi connectivity index (χ0) is 14.2. The van der Waals surface area contributed by atoms with E-state index in [0.29, 0.717) is 13.1 Å². The van der Waals surface area contributed by atoms with Crippen molar-refractivity contribution in [2.75, 3.05) is 31.6 Å². The third-order valence-corrected chi connectivity index (χ3v) is 4.18. The SMILES string of the molecule is CN1CCCC2(C1)CN(c1ccc(CN)cc1)C(=O)O2. The van der Waals surface area contributed by atoms with Gasteiger partial charge in [0.1, 0.15) is 5.60 Å². The van der Waals surface area contributed by atoms with E-state index in [2.05, 4.69) is 11.9 Å². The number of benzene rings is 1. The molecular formula is C15H21N3O2. The Balaban J connectivity index is 1.79. The second-order valence-electron chi connectivity index (χ2n) is 5.85. The number of carbonyl (C=O) groups excluding carboxylic acids is 1. The summed E-state index contributed by atoms with van der Waals surface area (Å²) in [6.07, 6.45) is 1.78. The topological polar surface area (TPSA) is 58.8 Å². The number of anilines is 1. The fourth-order valence-corrected chi connectivity index (χ4v) is 3.17. The van der Waals surface area contributed by atoms with Gasteiger partial charge in [-0.1, -0.05) is 12.1 Å². The van der Waals surface area contributed by atoms with Crippen molar-refractivity contribution in [3.63, 3.8) is 0 Å². The highest BCUT2D eigenvalue weighted by Gasteiger charge is 2.47. The fourth-order valence-electron chi connectivity index (χ4n) is 3.17. The second-order valence-corrected chi connectivity index (χ2v) is 5.85. The molecule has 2 heterocycles. The summed E-state index contributed by atoms with van der Waals surface area (Å²) in [5, 5.41) is 0. The summed E-state index contributed by atoms with van der Waals surface area (Å²) in [7, 11) is 2.08. The van der Waals surface area contributed by atoms with E-state index >= 15 is 0 Å². The second kappa shape index (κ2) is 5.07. The van der Waals surface area contributed by atoms with Gasteiger partial charge in [0.25, 0.3) is 0 Å². The molecular weight excluding hydrogens is 254 g/mol. The smallest absolute Gasteiger partial charge is 0.415 e. The van der Waals surface area contributed by atoms with Crippen LogP contribution in [0.3, 0.4) is 0 Å². The van der Waals surface area contributed by atoms with Crippen LogP contribution in [0.4, 0.5) is 10.5 Å². The molecule has 2 saturated heterocycles. The molecule has 108 valence electrons. The van der Waals surface area contributed by atoms with E-state index in [1.54, 1.807) is 4.90 Å². The van der Waals surface area contributed by atoms with Crippen molar-refractivity contribution >= 4 is 11.8 Å². The van der Waals surface area contributed by atoms with E-state index in [1.807, 2.05) is 24.3 Å². The fraction of sp³-hybridized carbons (Fsp3) is 0.533. The lowest BCUT2D eigenvalue weighted by Crippen LogP contribution is -2.49. The molecule has 1 aromatic rings. The predicted molar refractivity (Wildman–Crippen MR) is 77.6 cm³/mol. The Hall–Kier alpha value is -1.59. The number of ether oxygens (including phenoxy) is 1. The average molecular weight is 275 g/mol. The standard InChI is InChI=1S/C15H21N3O2/c1-17-8-2-7-15(10-17)11-18(14(19)20-15)13-5-3-12(9-16)4-6-13/h3-6H,2,7-11,16H2,1H3. The molecule has 3 rings (SSSR count). The van der Waals surface area contributed by atoms with E-state index in [0.717, 1.165) is 37.2 Å². The number of likely N-dealkylation sites (N-methyl/N-ethyl adjacent to an activating group) is 1. The first kappa shape index (κ1) is 13.4. The van der Waals surface area contributed by atoms with Gasteiger partial charge in [0.15, 0.2) is 0 Å². The summed E-state index contributed by atoms with van der Waals surface area (Å²) in [6, 6.07) is 7.80. The minimum atomic E-state index is -0.337. The zero-order valence-electron chi connectivity index (χ0n) is 11.8. The number of rotatable bonds is 2. The highest BCUT2D eigenvalue weighted by atomic mass is 16.6. The van der Waals surface area contributed by atoms with Gasteiger partial charge in [0.05, 0.1) is 6.54 Å². The quantitative estimate of drug-likeness (QED) is 0.890. The first-order valence-corrected chi connectivity index (χ1v) is 7.10. The van der Waals surface area contributed by atoms with Gasteiger partial charge < -0.3 is 15.4 Å². The summed E-state index contributed by atoms with van der Waals surface area (Å²) in [5.41, 5.74) is 7.21. The van der Waals surface area contributed by atoms with E-state index in [1.165, 1.54) is 0 Å². The maximum Gasteiger partial charge on any atom is 0.415 e. The van der Waals surface area contributed by atoms with Crippen molar-refractivity contribution < 1.29 is 9.53 Å². The number of hydrogen-bond donors (Lipinski definition) is 1. The first-order valence-electron chi connectivity index (χ1n) is 7.10. The molecule has 0 aliphatic carbocycles. The number of carbonyl (C=O) groups is 1. The molecule has 0 saturated carbocycles. The predicted octanol–water partition coefficient (Wildman–Crippen LogP) is 1.57. The molecule has 5 nitrogen and oxygen atoms in total. The normalized spacial score (nSPS) is 27.1. The summed E-state index contributed by atoms with van der Waals surface area (Å²) in [5.74, 6) is 0. The number of nitrogens with zero attached hydrogens (tertiary/aromatic N) is 2. The Morgan fingerprint density at radius 3 is 2.70 bits per heavy atom. The minimum Gasteiger partial charge on any atom is -0.439 e. The molecule has 1 aromatic carbocycles. The third kappa shape index (κ3) is 2.39. The van der Waals surface area contributed by atoms with Gasteiger partial charge in [-0.05, 0) is 44.1 Å². The van der Waals surface area contributed by atoms with Crippen LogP contribution >= 0.6 is 0 Å². The van der Waals surface area contributed by atoms with Gasteiger partial charge in [0.2, 0.25) is 0 Å². The zero-order valence-corrected chi connectivity index (χ0v) is 11.8. The van der Waals surface area contributed by atoms with Gasteiger partial charge in [-0.3, -0.25) is 4.90 Å². The third-order valence-electron chi connectivity index (χ3n) is 4.18. The molecule has 0 radical (unpaired) electrons. The van der Waals surface area contributed by atoms with Crippen molar-refractivity contribution in [1.82, 2.24) is 4.90 Å². The molecule has 0 bridgehead atoms. The van der Waals surface area contributed by atoms with Crippen LogP contribution in [0.5, 0.6) is 0 Å². The van der Waals surface area contributed by atoms with Crippen molar-refractivity contribution in [3.8, 4) is 0 Å². The van der Waals surface area contributed by atoms with E-state index < -0.39 is 0 Å². The van der Waals surface area contributed by atoms with Gasteiger partial charge in [-0.25, -0.2) is 4.79 Å². The van der Waals surface area contributed by atoms with Gasteiger partial charge in [0, 0.05) is 18.8 Å². The molecule has 1 atom stereocenters. The largest absolute Gasteiger partial charge is 0.439 e. The molecule has 5 heteroatoms. The first-order chi connectivity index (χ1) is 9.62. The molecule has 2 N–H and O–H groups in total. The Kier molecular flexibility index (Phi) is 3.40. The number of piperidine rings is 1. The maximum atomic E-state index is 12.2. The van der Waals surface area contributed by atoms with Crippen LogP contribution in [0.25, 0.3) is 0 Å². The van der Waals surface area contributed by atoms with Crippen molar-refractivity contribution in [2.45, 2.75) is 25.0 Å². The Morgan fingerprint density at radius 2 is 2.05 bits per heavy atom. The maximum absolute atomic E-state index is 12.2. The number of likely N-dealkylation sites (tertiary alicyclic amines) is 1. The minimum absolute atomic E-state index is 0.235. The van der Waals surface area contributed by atoms with E-state index in [9.17, 15) is 4.79 Å². The highest BCUT2D eigenvalue weighted by Crippen LogP contribution is 2.34. The van der Waals surface area contributed by atoms with Crippen molar-refractivity contribution in [3.05, 3.63) is 29.8 Å². The van der Waals surface area contributed by atoms with Crippen LogP contribution in [0.2, 0.25) is 0 Å². The Labute approximate surface area is 119 Å². The van der Waals surface area contributed by atoms with Gasteiger partial charge >= 0.3 is 6.09 Å². The number of nitrogens with two attached hydrogens (primary N) is 1. The molecule has 1 unspecified atom stereocenters. The van der Waals surface area contributed by atoms with Gasteiger partial charge in [-0.2, -0.15) is 0 Å². The molecule has 1 amide bonds. The van der Waals surface area contributed by atoms with Crippen LogP contribution in [-0.4, -0.2) is 43.3 Å².